The molecule has 43 heavy (non-hydrogen) atoms. The van der Waals surface area contributed by atoms with Crippen LogP contribution < -0.4 is 5.32 Å². The van der Waals surface area contributed by atoms with Crippen LogP contribution in [0, 0.1) is 23.2 Å². The van der Waals surface area contributed by atoms with Crippen molar-refractivity contribution in [3.63, 3.8) is 0 Å². The molecule has 1 aromatic rings. The molecule has 0 unspecified atom stereocenters. The Morgan fingerprint density at radius 1 is 1.14 bits per heavy atom. The first kappa shape index (κ1) is 33.6. The molecule has 10 heteroatoms. The molecule has 240 valence electrons. The molecule has 2 bridgehead atoms. The van der Waals surface area contributed by atoms with E-state index in [4.69, 9.17) is 4.74 Å². The van der Waals surface area contributed by atoms with Gasteiger partial charge < -0.3 is 15.0 Å². The zero-order chi connectivity index (χ0) is 31.7. The highest BCUT2D eigenvalue weighted by Crippen LogP contribution is 2.68. The van der Waals surface area contributed by atoms with Gasteiger partial charge in [0.1, 0.15) is 10.7 Å². The topological polar surface area (TPSA) is 109 Å². The Morgan fingerprint density at radius 3 is 2.37 bits per heavy atom. The number of Topliss-reactive ketones (excluding diaryl/α,β-unsaturated/α-hetero) is 1. The molecule has 3 aliphatic carbocycles. The number of esters is 1. The number of ether oxygens (including phenoxy) is 1. The minimum atomic E-state index is -0.694. The van der Waals surface area contributed by atoms with Crippen molar-refractivity contribution in [1.29, 1.82) is 0 Å². The van der Waals surface area contributed by atoms with Gasteiger partial charge in [-0.15, -0.1) is 11.3 Å². The van der Waals surface area contributed by atoms with Gasteiger partial charge in [-0.25, -0.2) is 4.98 Å². The summed E-state index contributed by atoms with van der Waals surface area (Å²) in [6.07, 6.45) is 7.10. The molecule has 0 spiro atoms. The summed E-state index contributed by atoms with van der Waals surface area (Å²) in [5.41, 5.74) is 0.673. The predicted octanol–water partition coefficient (Wildman–Crippen LogP) is 5.40. The Morgan fingerprint density at radius 2 is 1.81 bits per heavy atom. The van der Waals surface area contributed by atoms with Gasteiger partial charge in [0, 0.05) is 49.7 Å². The van der Waals surface area contributed by atoms with Gasteiger partial charge in [0.25, 0.3) is 5.91 Å². The molecule has 2 amide bonds. The normalized spacial score (nSPS) is 27.1. The van der Waals surface area contributed by atoms with Crippen LogP contribution in [0.1, 0.15) is 121 Å². The number of likely N-dealkylation sites (tertiary alicyclic amines) is 1. The van der Waals surface area contributed by atoms with Gasteiger partial charge in [0.2, 0.25) is 5.91 Å². The Hall–Kier alpha value is -2.33. The lowest BCUT2D eigenvalue weighted by Crippen LogP contribution is -2.74. The van der Waals surface area contributed by atoms with Gasteiger partial charge >= 0.3 is 5.97 Å². The summed E-state index contributed by atoms with van der Waals surface area (Å²) in [6, 6.07) is -0.390. The highest BCUT2D eigenvalue weighted by Gasteiger charge is 2.67. The fourth-order valence-corrected chi connectivity index (χ4v) is 8.55. The molecule has 9 nitrogen and oxygen atoms in total. The van der Waals surface area contributed by atoms with Crippen LogP contribution in [0.15, 0.2) is 5.38 Å². The number of hydrogen-bond acceptors (Lipinski definition) is 8. The first-order valence-corrected chi connectivity index (χ1v) is 17.0. The van der Waals surface area contributed by atoms with Crippen molar-refractivity contribution < 1.29 is 23.9 Å². The van der Waals surface area contributed by atoms with E-state index < -0.39 is 18.0 Å². The molecule has 1 aromatic heterocycles. The van der Waals surface area contributed by atoms with E-state index in [1.54, 1.807) is 17.3 Å². The third-order valence-electron chi connectivity index (χ3n) is 10.4. The summed E-state index contributed by atoms with van der Waals surface area (Å²) in [4.78, 5) is 61.0. The third-order valence-corrected chi connectivity index (χ3v) is 11.3. The zero-order valence-corrected chi connectivity index (χ0v) is 28.2. The number of nitrogens with one attached hydrogen (secondary N) is 1. The molecule has 1 N–H and O–H groups in total. The second-order valence-electron chi connectivity index (χ2n) is 14.3. The minimum absolute atomic E-state index is 0.00167. The number of rotatable bonds is 14. The van der Waals surface area contributed by atoms with Gasteiger partial charge in [-0.2, -0.15) is 0 Å². The molecule has 4 aliphatic rings. The number of likely N-dealkylation sites (N-methyl/N-ethyl adjacent to an activating group) is 1. The molecule has 4 atom stereocenters. The van der Waals surface area contributed by atoms with Crippen molar-refractivity contribution in [3.8, 4) is 0 Å². The number of ketones is 1. The van der Waals surface area contributed by atoms with E-state index in [-0.39, 0.29) is 53.5 Å². The minimum Gasteiger partial charge on any atom is -0.455 e. The molecule has 5 rings (SSSR count). The highest BCUT2D eigenvalue weighted by atomic mass is 32.1. The molecular weight excluding hydrogens is 564 g/mol. The summed E-state index contributed by atoms with van der Waals surface area (Å²) in [6.45, 7) is 12.6. The van der Waals surface area contributed by atoms with E-state index in [0.717, 1.165) is 51.5 Å². The fourth-order valence-electron chi connectivity index (χ4n) is 7.71. The number of amides is 2. The van der Waals surface area contributed by atoms with Crippen molar-refractivity contribution in [1.82, 2.24) is 20.1 Å². The van der Waals surface area contributed by atoms with Gasteiger partial charge in [-0.1, -0.05) is 47.5 Å². The first-order chi connectivity index (χ1) is 20.2. The summed E-state index contributed by atoms with van der Waals surface area (Å²) >= 11 is 1.30. The van der Waals surface area contributed by atoms with E-state index in [1.807, 2.05) is 34.7 Å². The van der Waals surface area contributed by atoms with Gasteiger partial charge in [0.15, 0.2) is 11.9 Å². The number of thiazole rings is 1. The number of nitrogens with zero attached hydrogens (tertiary/aromatic N) is 3. The molecule has 3 saturated carbocycles. The summed E-state index contributed by atoms with van der Waals surface area (Å²) in [7, 11) is 3.78. The molecular formula is C33H52N4O5S. The maximum atomic E-state index is 14.0. The lowest BCUT2D eigenvalue weighted by atomic mass is 9.38. The zero-order valence-electron chi connectivity index (χ0n) is 27.4. The number of piperidine rings is 1. The van der Waals surface area contributed by atoms with E-state index in [1.165, 1.54) is 18.3 Å². The van der Waals surface area contributed by atoms with Crippen LogP contribution >= 0.6 is 11.3 Å². The number of carbonyl (C=O) groups is 4. The van der Waals surface area contributed by atoms with E-state index in [2.05, 4.69) is 22.1 Å². The Labute approximate surface area is 261 Å². The number of aromatic nitrogens is 1. The van der Waals surface area contributed by atoms with Crippen molar-refractivity contribution in [2.45, 2.75) is 123 Å². The van der Waals surface area contributed by atoms with E-state index in [0.29, 0.717) is 22.5 Å². The molecule has 2 heterocycles. The molecule has 0 radical (unpaired) electrons. The van der Waals surface area contributed by atoms with Crippen molar-refractivity contribution in [3.05, 3.63) is 16.1 Å². The Kier molecular flexibility index (Phi) is 10.4. The summed E-state index contributed by atoms with van der Waals surface area (Å²) < 4.78 is 5.75. The largest absolute Gasteiger partial charge is 0.455 e. The number of hydrogen-bond donors (Lipinski definition) is 1. The quantitative estimate of drug-likeness (QED) is 0.279. The van der Waals surface area contributed by atoms with Crippen LogP contribution in [0.3, 0.4) is 0 Å². The average molecular weight is 617 g/mol. The van der Waals surface area contributed by atoms with Crippen LogP contribution in [0.25, 0.3) is 0 Å². The van der Waals surface area contributed by atoms with Crippen molar-refractivity contribution in [2.24, 2.45) is 23.2 Å². The second kappa shape index (κ2) is 13.3. The third kappa shape index (κ3) is 7.32. The predicted molar refractivity (Wildman–Crippen MR) is 168 cm³/mol. The highest BCUT2D eigenvalue weighted by molar-refractivity contribution is 7.09. The lowest BCUT2D eigenvalue weighted by Gasteiger charge is -2.70. The fraction of sp³-hybridized carbons (Fsp3) is 0.788. The molecule has 0 aromatic carbocycles. The van der Waals surface area contributed by atoms with E-state index >= 15 is 0 Å². The van der Waals surface area contributed by atoms with Gasteiger partial charge in [-0.05, 0) is 62.9 Å². The summed E-state index contributed by atoms with van der Waals surface area (Å²) in [5.74, 6) is -0.933. The van der Waals surface area contributed by atoms with Crippen molar-refractivity contribution in [2.75, 3.05) is 20.6 Å². The molecule has 1 aliphatic heterocycles. The smallest absolute Gasteiger partial charge is 0.303 e. The monoisotopic (exact) mass is 616 g/mol. The Bertz CT molecular complexity index is 1180. The van der Waals surface area contributed by atoms with Crippen LogP contribution in [0.2, 0.25) is 0 Å². The SMILES string of the molecule is CCC12CC(NC(=O)c3csc([C@@H](C[C@H](C(C)C)N(C)C(=O)[C@@H](CC(=O)[C@H]4CCCCN4C)C(C)C)OC(C)=O)n3)(C1)C2. The van der Waals surface area contributed by atoms with Crippen LogP contribution in [0.4, 0.5) is 0 Å². The van der Waals surface area contributed by atoms with Crippen LogP contribution in [0.5, 0.6) is 0 Å². The lowest BCUT2D eigenvalue weighted by molar-refractivity contribution is -0.149. The summed E-state index contributed by atoms with van der Waals surface area (Å²) in [5, 5.41) is 5.47. The van der Waals surface area contributed by atoms with Crippen molar-refractivity contribution >= 4 is 34.9 Å². The number of carbonyl (C=O) groups excluding carboxylic acids is 4. The van der Waals surface area contributed by atoms with Gasteiger partial charge in [-0.3, -0.25) is 24.1 Å². The van der Waals surface area contributed by atoms with E-state index in [9.17, 15) is 19.2 Å². The van der Waals surface area contributed by atoms with Crippen LogP contribution in [-0.4, -0.2) is 76.6 Å². The molecule has 1 saturated heterocycles. The maximum absolute atomic E-state index is 14.0. The van der Waals surface area contributed by atoms with Gasteiger partial charge in [0.05, 0.1) is 6.04 Å². The average Bonchev–Trinajstić information content (AvgIpc) is 3.40. The molecule has 4 fully saturated rings. The standard InChI is InChI=1S/C33H52N4O5S/c1-9-32-17-33(18-32,19-32)35-29(40)24-16-43-30(34-24)28(42-22(6)38)15-26(21(4)5)37(8)31(41)23(20(2)3)14-27(39)25-12-10-11-13-36(25)7/h16,20-21,23,25-26,28H,9-15,17-19H2,1-8H3,(H,35,40)/t23-,25+,26+,28+,32?,33?/m0/s1. The first-order valence-electron chi connectivity index (χ1n) is 16.1. The maximum Gasteiger partial charge on any atom is 0.303 e. The van der Waals surface area contributed by atoms with Crippen LogP contribution in [-0.2, 0) is 19.1 Å². The Balaban J connectivity index is 1.45. The second-order valence-corrected chi connectivity index (χ2v) is 15.2.